The molecule has 1 aliphatic heterocycles. The number of carbonyl (C=O) groups excluding carboxylic acids is 1. The fourth-order valence-corrected chi connectivity index (χ4v) is 2.86. The molecule has 1 atom stereocenters. The zero-order valence-corrected chi connectivity index (χ0v) is 13.8. The van der Waals surface area contributed by atoms with E-state index in [1.165, 1.54) is 0 Å². The van der Waals surface area contributed by atoms with Crippen molar-refractivity contribution in [1.82, 2.24) is 14.7 Å². The molecule has 5 nitrogen and oxygen atoms in total. The Kier molecular flexibility index (Phi) is 5.11. The van der Waals surface area contributed by atoms with Gasteiger partial charge in [0.25, 0.3) is 5.91 Å². The molecule has 2 aromatic rings. The Bertz CT molecular complexity index is 686. The SMILES string of the molecule is Cl.Cn1cc(C(=O)N2CC[C@H](N)C2)c(-c2ccccc2Cl)n1. The summed E-state index contributed by atoms with van der Waals surface area (Å²) in [6, 6.07) is 7.48. The first kappa shape index (κ1) is 16.8. The van der Waals surface area contributed by atoms with E-state index in [0.717, 1.165) is 12.0 Å². The Balaban J connectivity index is 0.00000176. The Morgan fingerprint density at radius 1 is 1.41 bits per heavy atom. The largest absolute Gasteiger partial charge is 0.337 e. The highest BCUT2D eigenvalue weighted by atomic mass is 35.5. The molecule has 2 N–H and O–H groups in total. The van der Waals surface area contributed by atoms with Crippen LogP contribution in [-0.4, -0.2) is 39.7 Å². The number of aromatic nitrogens is 2. The van der Waals surface area contributed by atoms with Crippen molar-refractivity contribution in [2.24, 2.45) is 12.8 Å². The summed E-state index contributed by atoms with van der Waals surface area (Å²) < 4.78 is 1.64. The quantitative estimate of drug-likeness (QED) is 0.912. The number of benzene rings is 1. The molecule has 1 fully saturated rings. The van der Waals surface area contributed by atoms with Crippen molar-refractivity contribution < 1.29 is 4.79 Å². The van der Waals surface area contributed by atoms with Gasteiger partial charge in [0.2, 0.25) is 0 Å². The molecule has 1 saturated heterocycles. The van der Waals surface area contributed by atoms with E-state index >= 15 is 0 Å². The second-order valence-corrected chi connectivity index (χ2v) is 5.75. The van der Waals surface area contributed by atoms with Gasteiger partial charge in [0.05, 0.1) is 10.6 Å². The van der Waals surface area contributed by atoms with Crippen LogP contribution in [0.2, 0.25) is 5.02 Å². The predicted octanol–water partition coefficient (Wildman–Crippen LogP) is 2.34. The molecular weight excluding hydrogens is 323 g/mol. The van der Waals surface area contributed by atoms with Crippen LogP contribution in [0.3, 0.4) is 0 Å². The van der Waals surface area contributed by atoms with Crippen molar-refractivity contribution >= 4 is 29.9 Å². The Morgan fingerprint density at radius 3 is 2.77 bits per heavy atom. The summed E-state index contributed by atoms with van der Waals surface area (Å²) in [5.74, 6) is -0.0361. The molecule has 3 rings (SSSR count). The van der Waals surface area contributed by atoms with E-state index in [-0.39, 0.29) is 24.4 Å². The third-order valence-corrected chi connectivity index (χ3v) is 4.03. The lowest BCUT2D eigenvalue weighted by Crippen LogP contribution is -2.32. The first-order valence-electron chi connectivity index (χ1n) is 6.89. The Labute approximate surface area is 140 Å². The minimum Gasteiger partial charge on any atom is -0.337 e. The molecule has 0 saturated carbocycles. The number of carbonyl (C=O) groups is 1. The number of nitrogens with zero attached hydrogens (tertiary/aromatic N) is 3. The van der Waals surface area contributed by atoms with Crippen LogP contribution in [0.25, 0.3) is 11.3 Å². The molecule has 0 unspecified atom stereocenters. The third kappa shape index (κ3) is 3.11. The zero-order valence-electron chi connectivity index (χ0n) is 12.2. The maximum atomic E-state index is 12.7. The number of likely N-dealkylation sites (tertiary alicyclic amines) is 1. The van der Waals surface area contributed by atoms with Crippen LogP contribution >= 0.6 is 24.0 Å². The average molecular weight is 341 g/mol. The fourth-order valence-electron chi connectivity index (χ4n) is 2.64. The van der Waals surface area contributed by atoms with Crippen molar-refractivity contribution in [1.29, 1.82) is 0 Å². The molecule has 1 aromatic carbocycles. The van der Waals surface area contributed by atoms with Gasteiger partial charge in [-0.15, -0.1) is 12.4 Å². The number of amides is 1. The van der Waals surface area contributed by atoms with E-state index in [2.05, 4.69) is 5.10 Å². The summed E-state index contributed by atoms with van der Waals surface area (Å²) in [4.78, 5) is 14.5. The average Bonchev–Trinajstić information content (AvgIpc) is 3.05. The van der Waals surface area contributed by atoms with E-state index in [0.29, 0.717) is 29.4 Å². The van der Waals surface area contributed by atoms with Gasteiger partial charge in [-0.3, -0.25) is 9.48 Å². The highest BCUT2D eigenvalue weighted by molar-refractivity contribution is 6.33. The molecule has 1 amide bonds. The van der Waals surface area contributed by atoms with Gasteiger partial charge in [-0.25, -0.2) is 0 Å². The van der Waals surface area contributed by atoms with Crippen LogP contribution in [-0.2, 0) is 7.05 Å². The molecule has 0 spiro atoms. The normalized spacial score (nSPS) is 17.4. The summed E-state index contributed by atoms with van der Waals surface area (Å²) >= 11 is 6.23. The van der Waals surface area contributed by atoms with E-state index in [1.807, 2.05) is 18.2 Å². The van der Waals surface area contributed by atoms with Crippen molar-refractivity contribution in [2.45, 2.75) is 12.5 Å². The van der Waals surface area contributed by atoms with Crippen molar-refractivity contribution in [3.8, 4) is 11.3 Å². The number of hydrogen-bond donors (Lipinski definition) is 1. The Morgan fingerprint density at radius 2 is 2.14 bits per heavy atom. The molecule has 0 radical (unpaired) electrons. The van der Waals surface area contributed by atoms with Gasteiger partial charge in [0.15, 0.2) is 0 Å². The van der Waals surface area contributed by atoms with Crippen molar-refractivity contribution in [2.75, 3.05) is 13.1 Å². The second kappa shape index (κ2) is 6.69. The van der Waals surface area contributed by atoms with Crippen LogP contribution < -0.4 is 5.73 Å². The highest BCUT2D eigenvalue weighted by Crippen LogP contribution is 2.30. The van der Waals surface area contributed by atoms with Crippen LogP contribution in [0.15, 0.2) is 30.5 Å². The maximum absolute atomic E-state index is 12.7. The van der Waals surface area contributed by atoms with E-state index in [4.69, 9.17) is 17.3 Å². The van der Waals surface area contributed by atoms with Crippen LogP contribution in [0, 0.1) is 0 Å². The monoisotopic (exact) mass is 340 g/mol. The smallest absolute Gasteiger partial charge is 0.257 e. The number of hydrogen-bond acceptors (Lipinski definition) is 3. The van der Waals surface area contributed by atoms with Crippen LogP contribution in [0.5, 0.6) is 0 Å². The lowest BCUT2D eigenvalue weighted by molar-refractivity contribution is 0.0791. The van der Waals surface area contributed by atoms with Crippen LogP contribution in [0.4, 0.5) is 0 Å². The molecular formula is C15H18Cl2N4O. The molecule has 1 aromatic heterocycles. The number of nitrogens with two attached hydrogens (primary N) is 1. The topological polar surface area (TPSA) is 64.2 Å². The van der Waals surface area contributed by atoms with Gasteiger partial charge in [0, 0.05) is 37.9 Å². The van der Waals surface area contributed by atoms with E-state index in [9.17, 15) is 4.79 Å². The number of aryl methyl sites for hydroxylation is 1. The molecule has 0 aliphatic carbocycles. The maximum Gasteiger partial charge on any atom is 0.257 e. The van der Waals surface area contributed by atoms with E-state index in [1.54, 1.807) is 28.9 Å². The minimum absolute atomic E-state index is 0. The van der Waals surface area contributed by atoms with Gasteiger partial charge in [-0.2, -0.15) is 5.10 Å². The van der Waals surface area contributed by atoms with Crippen molar-refractivity contribution in [3.05, 3.63) is 41.0 Å². The Hall–Kier alpha value is -1.56. The summed E-state index contributed by atoms with van der Waals surface area (Å²) in [6.45, 7) is 1.28. The minimum atomic E-state index is -0.0361. The molecule has 1 aliphatic rings. The standard InChI is InChI=1S/C15H17ClN4O.ClH/c1-19-9-12(15(21)20-7-6-10(17)8-20)14(18-19)11-4-2-3-5-13(11)16;/h2-5,9-10H,6-8,17H2,1H3;1H/t10-;/m0./s1. The number of halogens is 2. The van der Waals surface area contributed by atoms with Gasteiger partial charge in [-0.1, -0.05) is 29.8 Å². The summed E-state index contributed by atoms with van der Waals surface area (Å²) in [5.41, 5.74) is 7.84. The lowest BCUT2D eigenvalue weighted by atomic mass is 10.1. The third-order valence-electron chi connectivity index (χ3n) is 3.70. The van der Waals surface area contributed by atoms with Gasteiger partial charge < -0.3 is 10.6 Å². The van der Waals surface area contributed by atoms with E-state index < -0.39 is 0 Å². The van der Waals surface area contributed by atoms with Gasteiger partial charge in [-0.05, 0) is 12.5 Å². The molecule has 7 heteroatoms. The lowest BCUT2D eigenvalue weighted by Gasteiger charge is -2.15. The summed E-state index contributed by atoms with van der Waals surface area (Å²) in [7, 11) is 1.80. The zero-order chi connectivity index (χ0) is 15.0. The first-order valence-corrected chi connectivity index (χ1v) is 7.27. The van der Waals surface area contributed by atoms with Crippen molar-refractivity contribution in [3.63, 3.8) is 0 Å². The second-order valence-electron chi connectivity index (χ2n) is 5.34. The van der Waals surface area contributed by atoms with Gasteiger partial charge >= 0.3 is 0 Å². The number of rotatable bonds is 2. The summed E-state index contributed by atoms with van der Waals surface area (Å²) in [5, 5.41) is 4.99. The molecule has 0 bridgehead atoms. The summed E-state index contributed by atoms with van der Waals surface area (Å²) in [6.07, 6.45) is 2.58. The van der Waals surface area contributed by atoms with Gasteiger partial charge in [0.1, 0.15) is 5.69 Å². The fraction of sp³-hybridized carbons (Fsp3) is 0.333. The molecule has 2 heterocycles. The molecule has 118 valence electrons. The first-order chi connectivity index (χ1) is 10.1. The highest BCUT2D eigenvalue weighted by Gasteiger charge is 2.28. The molecule has 22 heavy (non-hydrogen) atoms. The van der Waals surface area contributed by atoms with Crippen LogP contribution in [0.1, 0.15) is 16.8 Å². The predicted molar refractivity (Wildman–Crippen MR) is 89.4 cm³/mol.